The van der Waals surface area contributed by atoms with Gasteiger partial charge in [-0.25, -0.2) is 0 Å². The van der Waals surface area contributed by atoms with Crippen molar-refractivity contribution in [1.82, 2.24) is 9.80 Å². The summed E-state index contributed by atoms with van der Waals surface area (Å²) in [5.41, 5.74) is 3.14. The van der Waals surface area contributed by atoms with Crippen molar-refractivity contribution >= 4 is 32.8 Å². The minimum atomic E-state index is -0.661. The molecule has 1 atom stereocenters. The van der Waals surface area contributed by atoms with Crippen molar-refractivity contribution in [2.45, 2.75) is 33.7 Å². The van der Waals surface area contributed by atoms with E-state index in [4.69, 9.17) is 9.15 Å². The predicted octanol–water partition coefficient (Wildman–Crippen LogP) is 4.77. The molecule has 34 heavy (non-hydrogen) atoms. The first-order valence-corrected chi connectivity index (χ1v) is 12.2. The molecule has 0 saturated carbocycles. The van der Waals surface area contributed by atoms with Crippen molar-refractivity contribution < 1.29 is 19.1 Å². The zero-order valence-corrected chi connectivity index (χ0v) is 21.7. The first kappa shape index (κ1) is 24.3. The number of phenols is 1. The van der Waals surface area contributed by atoms with Gasteiger partial charge in [0.25, 0.3) is 5.91 Å². The highest BCUT2D eigenvalue weighted by Crippen LogP contribution is 2.43. The van der Waals surface area contributed by atoms with E-state index in [-0.39, 0.29) is 28.6 Å². The maximum atomic E-state index is 13.8. The fourth-order valence-corrected chi connectivity index (χ4v) is 5.01. The van der Waals surface area contributed by atoms with Crippen LogP contribution < -0.4 is 10.2 Å². The maximum absolute atomic E-state index is 13.8. The van der Waals surface area contributed by atoms with Crippen LogP contribution in [-0.2, 0) is 0 Å². The monoisotopic (exact) mass is 528 g/mol. The minimum absolute atomic E-state index is 0.0397. The summed E-state index contributed by atoms with van der Waals surface area (Å²) in [4.78, 5) is 31.3. The highest BCUT2D eigenvalue weighted by Gasteiger charge is 2.43. The van der Waals surface area contributed by atoms with Crippen LogP contribution in [0.1, 0.15) is 52.7 Å². The van der Waals surface area contributed by atoms with E-state index in [1.807, 2.05) is 26.0 Å². The SMILES string of the molecule is CCN(CC)CCN1C(=O)c2oc3cc(C)c(C)cc3c(=O)c2C1c1cc(Br)c(O)c(OC)c1. The van der Waals surface area contributed by atoms with Crippen molar-refractivity contribution in [3.63, 3.8) is 0 Å². The number of hydrogen-bond donors (Lipinski definition) is 1. The van der Waals surface area contributed by atoms with Crippen LogP contribution in [0.15, 0.2) is 37.9 Å². The summed E-state index contributed by atoms with van der Waals surface area (Å²) in [7, 11) is 1.46. The zero-order chi connectivity index (χ0) is 24.7. The van der Waals surface area contributed by atoms with E-state index in [2.05, 4.69) is 34.7 Å². The third-order valence-corrected chi connectivity index (χ3v) is 7.32. The van der Waals surface area contributed by atoms with Gasteiger partial charge in [0.15, 0.2) is 16.9 Å². The summed E-state index contributed by atoms with van der Waals surface area (Å²) in [6.07, 6.45) is 0. The Kier molecular flexibility index (Phi) is 6.73. The van der Waals surface area contributed by atoms with Gasteiger partial charge in [-0.15, -0.1) is 0 Å². The Hall–Kier alpha value is -2.84. The van der Waals surface area contributed by atoms with Gasteiger partial charge in [-0.2, -0.15) is 0 Å². The second-order valence-electron chi connectivity index (χ2n) is 8.59. The van der Waals surface area contributed by atoms with Gasteiger partial charge in [-0.1, -0.05) is 13.8 Å². The van der Waals surface area contributed by atoms with Crippen molar-refractivity contribution in [3.8, 4) is 11.5 Å². The summed E-state index contributed by atoms with van der Waals surface area (Å²) in [6, 6.07) is 6.37. The third-order valence-electron chi connectivity index (χ3n) is 6.72. The Labute approximate surface area is 207 Å². The van der Waals surface area contributed by atoms with E-state index in [1.165, 1.54) is 7.11 Å². The second kappa shape index (κ2) is 9.43. The Morgan fingerprint density at radius 3 is 2.44 bits per heavy atom. The summed E-state index contributed by atoms with van der Waals surface area (Å²) in [6.45, 7) is 10.8. The molecule has 1 aliphatic rings. The Morgan fingerprint density at radius 2 is 1.79 bits per heavy atom. The van der Waals surface area contributed by atoms with Crippen molar-refractivity contribution in [2.24, 2.45) is 0 Å². The van der Waals surface area contributed by atoms with Crippen LogP contribution in [0.2, 0.25) is 0 Å². The van der Waals surface area contributed by atoms with E-state index in [1.54, 1.807) is 17.0 Å². The van der Waals surface area contributed by atoms with Crippen molar-refractivity contribution in [2.75, 3.05) is 33.3 Å². The van der Waals surface area contributed by atoms with Gasteiger partial charge in [0.1, 0.15) is 5.58 Å². The fraction of sp³-hybridized carbons (Fsp3) is 0.385. The Balaban J connectivity index is 1.95. The van der Waals surface area contributed by atoms with Gasteiger partial charge >= 0.3 is 0 Å². The molecule has 1 aliphatic heterocycles. The summed E-state index contributed by atoms with van der Waals surface area (Å²) < 4.78 is 11.9. The molecule has 0 radical (unpaired) electrons. The van der Waals surface area contributed by atoms with Crippen LogP contribution in [0, 0.1) is 13.8 Å². The average molecular weight is 529 g/mol. The van der Waals surface area contributed by atoms with E-state index >= 15 is 0 Å². The van der Waals surface area contributed by atoms with Crippen molar-refractivity contribution in [3.05, 3.63) is 67.0 Å². The summed E-state index contributed by atoms with van der Waals surface area (Å²) >= 11 is 3.38. The molecule has 4 rings (SSSR count). The number of carbonyl (C=O) groups excluding carboxylic acids is 1. The number of ether oxygens (including phenoxy) is 1. The molecule has 8 heteroatoms. The van der Waals surface area contributed by atoms with Crippen LogP contribution in [-0.4, -0.2) is 54.1 Å². The number of fused-ring (bicyclic) bond motifs is 2. The number of benzene rings is 2. The number of likely N-dealkylation sites (N-methyl/N-ethyl adjacent to an activating group) is 1. The zero-order valence-electron chi connectivity index (χ0n) is 20.1. The number of carbonyl (C=O) groups is 1. The van der Waals surface area contributed by atoms with Gasteiger partial charge in [-0.05, 0) is 83.8 Å². The lowest BCUT2D eigenvalue weighted by Gasteiger charge is -2.28. The Bertz CT molecular complexity index is 1330. The quantitative estimate of drug-likeness (QED) is 0.475. The predicted molar refractivity (Wildman–Crippen MR) is 135 cm³/mol. The number of aryl methyl sites for hydroxylation is 2. The van der Waals surface area contributed by atoms with E-state index in [0.29, 0.717) is 39.7 Å². The lowest BCUT2D eigenvalue weighted by molar-refractivity contribution is 0.0708. The van der Waals surface area contributed by atoms with E-state index in [0.717, 1.165) is 24.2 Å². The topological polar surface area (TPSA) is 83.2 Å². The molecule has 1 unspecified atom stereocenters. The van der Waals surface area contributed by atoms with Crippen LogP contribution >= 0.6 is 15.9 Å². The molecule has 0 spiro atoms. The van der Waals surface area contributed by atoms with E-state index < -0.39 is 6.04 Å². The smallest absolute Gasteiger partial charge is 0.290 e. The molecule has 0 saturated heterocycles. The second-order valence-corrected chi connectivity index (χ2v) is 9.44. The molecule has 1 N–H and O–H groups in total. The van der Waals surface area contributed by atoms with Gasteiger partial charge in [0, 0.05) is 13.1 Å². The maximum Gasteiger partial charge on any atom is 0.290 e. The molecule has 7 nitrogen and oxygen atoms in total. The lowest BCUT2D eigenvalue weighted by atomic mass is 9.97. The normalized spacial score (nSPS) is 15.4. The van der Waals surface area contributed by atoms with Gasteiger partial charge in [0.05, 0.1) is 28.6 Å². The molecule has 0 fully saturated rings. The van der Waals surface area contributed by atoms with Crippen molar-refractivity contribution in [1.29, 1.82) is 0 Å². The van der Waals surface area contributed by atoms with E-state index in [9.17, 15) is 14.7 Å². The van der Waals surface area contributed by atoms with Gasteiger partial charge < -0.3 is 24.1 Å². The fourth-order valence-electron chi connectivity index (χ4n) is 4.55. The molecule has 2 aromatic carbocycles. The molecular formula is C26H29BrN2O5. The highest BCUT2D eigenvalue weighted by atomic mass is 79.9. The summed E-state index contributed by atoms with van der Waals surface area (Å²) in [5.74, 6) is -0.0197. The van der Waals surface area contributed by atoms with Crippen LogP contribution in [0.5, 0.6) is 11.5 Å². The molecular weight excluding hydrogens is 500 g/mol. The molecule has 2 heterocycles. The van der Waals surface area contributed by atoms with Crippen LogP contribution in [0.25, 0.3) is 11.0 Å². The number of halogens is 1. The number of methoxy groups -OCH3 is 1. The third kappa shape index (κ3) is 3.99. The van der Waals surface area contributed by atoms with Crippen LogP contribution in [0.3, 0.4) is 0 Å². The first-order valence-electron chi connectivity index (χ1n) is 11.4. The number of nitrogens with zero attached hydrogens (tertiary/aromatic N) is 2. The largest absolute Gasteiger partial charge is 0.503 e. The molecule has 3 aromatic rings. The number of rotatable bonds is 7. The van der Waals surface area contributed by atoms with Gasteiger partial charge in [-0.3, -0.25) is 9.59 Å². The molecule has 0 bridgehead atoms. The minimum Gasteiger partial charge on any atom is -0.503 e. The first-order chi connectivity index (χ1) is 16.2. The number of aromatic hydroxyl groups is 1. The van der Waals surface area contributed by atoms with Crippen LogP contribution in [0.4, 0.5) is 0 Å². The van der Waals surface area contributed by atoms with Gasteiger partial charge in [0.2, 0.25) is 5.76 Å². The molecule has 180 valence electrons. The standard InChI is InChI=1S/C26H29BrN2O5/c1-6-28(7-2)8-9-29-22(16-12-18(27)24(31)20(13-16)33-5)21-23(30)17-10-14(3)15(4)11-19(17)34-25(21)26(29)32/h10-13,22,31H,6-9H2,1-5H3. The number of phenolic OH excluding ortho intramolecular Hbond substituents is 1. The molecule has 1 amide bonds. The Morgan fingerprint density at radius 1 is 1.12 bits per heavy atom. The molecule has 1 aromatic heterocycles. The average Bonchev–Trinajstić information content (AvgIpc) is 3.09. The highest BCUT2D eigenvalue weighted by molar-refractivity contribution is 9.10. The summed E-state index contributed by atoms with van der Waals surface area (Å²) in [5, 5.41) is 10.8. The lowest BCUT2D eigenvalue weighted by Crippen LogP contribution is -2.37. The number of amides is 1. The number of hydrogen-bond acceptors (Lipinski definition) is 6. The molecule has 0 aliphatic carbocycles.